The normalized spacial score (nSPS) is 13.5. The Hall–Kier alpha value is -1.82. The average Bonchev–Trinajstić information content (AvgIpc) is 2.62. The molecule has 0 nitrogen and oxygen atoms in total. The van der Waals surface area contributed by atoms with Crippen LogP contribution < -0.4 is 0 Å². The van der Waals surface area contributed by atoms with E-state index in [1.807, 2.05) is 0 Å². The zero-order valence-electron chi connectivity index (χ0n) is 14.6. The van der Waals surface area contributed by atoms with Gasteiger partial charge in [0.1, 0.15) is 0 Å². The fraction of sp³-hybridized carbons (Fsp3) is 0.391. The minimum atomic E-state index is 1.25. The van der Waals surface area contributed by atoms with Gasteiger partial charge in [0.15, 0.2) is 0 Å². The highest BCUT2D eigenvalue weighted by molar-refractivity contribution is 6.08. The van der Waals surface area contributed by atoms with Crippen LogP contribution in [0.4, 0.5) is 0 Å². The van der Waals surface area contributed by atoms with E-state index < -0.39 is 0 Å². The molecule has 4 rings (SSSR count). The lowest BCUT2D eigenvalue weighted by Crippen LogP contribution is -2.02. The lowest BCUT2D eigenvalue weighted by Gasteiger charge is -2.18. The summed E-state index contributed by atoms with van der Waals surface area (Å²) in [4.78, 5) is 0. The third kappa shape index (κ3) is 3.42. The molecule has 0 fully saturated rings. The second kappa shape index (κ2) is 7.64. The lowest BCUT2D eigenvalue weighted by atomic mass is 9.86. The molecule has 0 N–H and O–H groups in total. The topological polar surface area (TPSA) is 0 Å². The summed E-state index contributed by atoms with van der Waals surface area (Å²) in [6.45, 7) is 4.42. The van der Waals surface area contributed by atoms with Gasteiger partial charge in [0.05, 0.1) is 0 Å². The van der Waals surface area contributed by atoms with Gasteiger partial charge in [0.25, 0.3) is 0 Å². The van der Waals surface area contributed by atoms with Gasteiger partial charge in [-0.05, 0) is 58.4 Å². The number of benzene rings is 3. The maximum absolute atomic E-state index is 2.35. The van der Waals surface area contributed by atoms with Gasteiger partial charge in [-0.3, -0.25) is 0 Å². The van der Waals surface area contributed by atoms with Gasteiger partial charge < -0.3 is 0 Å². The van der Waals surface area contributed by atoms with Gasteiger partial charge >= 0.3 is 0 Å². The van der Waals surface area contributed by atoms with E-state index in [9.17, 15) is 0 Å². The van der Waals surface area contributed by atoms with Crippen molar-refractivity contribution >= 4 is 21.5 Å². The smallest absolute Gasteiger partial charge is 0.0102 e. The predicted octanol–water partition coefficient (Wildman–Crippen LogP) is 7.07. The molecule has 0 heterocycles. The number of hydrogen-bond acceptors (Lipinski definition) is 0. The summed E-state index contributed by atoms with van der Waals surface area (Å²) < 4.78 is 0. The Bertz CT molecular complexity index is 780. The number of fused-ring (bicyclic) bond motifs is 5. The van der Waals surface area contributed by atoms with Crippen LogP contribution in [0.2, 0.25) is 0 Å². The van der Waals surface area contributed by atoms with Crippen LogP contribution in [0.15, 0.2) is 48.5 Å². The quantitative estimate of drug-likeness (QED) is 0.444. The minimum Gasteiger partial charge on any atom is -0.0654 e. The highest BCUT2D eigenvalue weighted by atomic mass is 14.2. The van der Waals surface area contributed by atoms with Crippen LogP contribution >= 0.6 is 0 Å². The maximum atomic E-state index is 2.35. The second-order valence-corrected chi connectivity index (χ2v) is 6.65. The van der Waals surface area contributed by atoms with Crippen molar-refractivity contribution in [2.24, 2.45) is 0 Å². The van der Waals surface area contributed by atoms with Gasteiger partial charge in [0, 0.05) is 0 Å². The summed E-state index contributed by atoms with van der Waals surface area (Å²) >= 11 is 0. The molecule has 1 aliphatic carbocycles. The molecule has 0 bridgehead atoms. The van der Waals surface area contributed by atoms with E-state index in [0.717, 1.165) is 0 Å². The predicted molar refractivity (Wildman–Crippen MR) is 103 cm³/mol. The van der Waals surface area contributed by atoms with Gasteiger partial charge in [0.2, 0.25) is 0 Å². The molecule has 0 aliphatic heterocycles. The van der Waals surface area contributed by atoms with Crippen molar-refractivity contribution in [1.82, 2.24) is 0 Å². The standard InChI is InChI=1S/C18H16.C5H12/c1-3-7-15-13(5-1)9-11-18-16-8-4-2-6-14(16)10-12-17(15)18;1-3-5-4-2/h1,3,5,7,9-12H,2,4,6,8H2;3-5H2,1-2H3. The van der Waals surface area contributed by atoms with Crippen molar-refractivity contribution < 1.29 is 0 Å². The van der Waals surface area contributed by atoms with E-state index in [1.165, 1.54) is 66.5 Å². The molecule has 0 spiro atoms. The second-order valence-electron chi connectivity index (χ2n) is 6.65. The fourth-order valence-corrected chi connectivity index (χ4v) is 3.70. The van der Waals surface area contributed by atoms with Crippen molar-refractivity contribution in [3.63, 3.8) is 0 Å². The Balaban J connectivity index is 0.000000276. The van der Waals surface area contributed by atoms with Crippen LogP contribution in [0.1, 0.15) is 57.1 Å². The van der Waals surface area contributed by atoms with Gasteiger partial charge in [-0.2, -0.15) is 0 Å². The van der Waals surface area contributed by atoms with E-state index in [1.54, 1.807) is 11.1 Å². The molecule has 0 saturated carbocycles. The SMILES string of the molecule is CCCCC.c1ccc2c(c1)ccc1c3c(ccc12)CCCC3. The zero-order chi connectivity index (χ0) is 16.1. The molecular formula is C23H28. The third-order valence-electron chi connectivity index (χ3n) is 4.96. The van der Waals surface area contributed by atoms with E-state index in [0.29, 0.717) is 0 Å². The number of rotatable bonds is 2. The van der Waals surface area contributed by atoms with Crippen LogP contribution in [-0.2, 0) is 12.8 Å². The highest BCUT2D eigenvalue weighted by Gasteiger charge is 2.13. The molecular weight excluding hydrogens is 276 g/mol. The molecule has 0 heteroatoms. The van der Waals surface area contributed by atoms with Crippen LogP contribution in [0.25, 0.3) is 21.5 Å². The molecule has 23 heavy (non-hydrogen) atoms. The Morgan fingerprint density at radius 2 is 1.43 bits per heavy atom. The van der Waals surface area contributed by atoms with Crippen molar-refractivity contribution in [1.29, 1.82) is 0 Å². The first-order chi connectivity index (χ1) is 11.3. The summed E-state index contributed by atoms with van der Waals surface area (Å²) in [6, 6.07) is 18.0. The summed E-state index contributed by atoms with van der Waals surface area (Å²) in [5.41, 5.74) is 3.17. The van der Waals surface area contributed by atoms with Crippen LogP contribution in [0, 0.1) is 0 Å². The lowest BCUT2D eigenvalue weighted by molar-refractivity contribution is 0.690. The molecule has 1 aliphatic rings. The van der Waals surface area contributed by atoms with E-state index in [-0.39, 0.29) is 0 Å². The number of unbranched alkanes of at least 4 members (excludes halogenated alkanes) is 2. The number of aryl methyl sites for hydroxylation is 2. The highest BCUT2D eigenvalue weighted by Crippen LogP contribution is 2.33. The molecule has 3 aromatic rings. The first-order valence-electron chi connectivity index (χ1n) is 9.27. The molecule has 0 unspecified atom stereocenters. The molecule has 0 amide bonds. The summed E-state index contributed by atoms with van der Waals surface area (Å²) in [6.07, 6.45) is 9.29. The monoisotopic (exact) mass is 304 g/mol. The minimum absolute atomic E-state index is 1.25. The van der Waals surface area contributed by atoms with E-state index >= 15 is 0 Å². The molecule has 120 valence electrons. The van der Waals surface area contributed by atoms with Gasteiger partial charge in [-0.1, -0.05) is 81.6 Å². The van der Waals surface area contributed by atoms with Gasteiger partial charge in [-0.15, -0.1) is 0 Å². The summed E-state index contributed by atoms with van der Waals surface area (Å²) in [5.74, 6) is 0. The zero-order valence-corrected chi connectivity index (χ0v) is 14.6. The maximum Gasteiger partial charge on any atom is -0.0102 e. The van der Waals surface area contributed by atoms with Crippen molar-refractivity contribution in [3.05, 3.63) is 59.7 Å². The summed E-state index contributed by atoms with van der Waals surface area (Å²) in [7, 11) is 0. The van der Waals surface area contributed by atoms with E-state index in [4.69, 9.17) is 0 Å². The Morgan fingerprint density at radius 3 is 2.22 bits per heavy atom. The molecule has 0 radical (unpaired) electrons. The Labute approximate surface area is 140 Å². The van der Waals surface area contributed by atoms with Crippen molar-refractivity contribution in [2.75, 3.05) is 0 Å². The first-order valence-corrected chi connectivity index (χ1v) is 9.27. The largest absolute Gasteiger partial charge is 0.0654 e. The Morgan fingerprint density at radius 1 is 0.696 bits per heavy atom. The first kappa shape index (κ1) is 16.1. The van der Waals surface area contributed by atoms with Crippen molar-refractivity contribution in [3.8, 4) is 0 Å². The Kier molecular flexibility index (Phi) is 5.33. The molecule has 0 atom stereocenters. The van der Waals surface area contributed by atoms with Crippen LogP contribution in [0.5, 0.6) is 0 Å². The average molecular weight is 304 g/mol. The number of hydrogen-bond donors (Lipinski definition) is 0. The van der Waals surface area contributed by atoms with Crippen LogP contribution in [-0.4, -0.2) is 0 Å². The van der Waals surface area contributed by atoms with Crippen molar-refractivity contribution in [2.45, 2.75) is 58.8 Å². The fourth-order valence-electron chi connectivity index (χ4n) is 3.70. The summed E-state index contributed by atoms with van der Waals surface area (Å²) in [5, 5.41) is 5.64. The molecule has 0 aromatic heterocycles. The van der Waals surface area contributed by atoms with E-state index in [2.05, 4.69) is 62.4 Å². The van der Waals surface area contributed by atoms with Crippen LogP contribution in [0.3, 0.4) is 0 Å². The third-order valence-corrected chi connectivity index (χ3v) is 4.96. The van der Waals surface area contributed by atoms with Gasteiger partial charge in [-0.25, -0.2) is 0 Å². The molecule has 0 saturated heterocycles. The molecule has 3 aromatic carbocycles.